The molecule has 0 saturated carbocycles. The summed E-state index contributed by atoms with van der Waals surface area (Å²) in [6.07, 6.45) is 4.20. The van der Waals surface area contributed by atoms with Gasteiger partial charge in [-0.1, -0.05) is 25.3 Å². The van der Waals surface area contributed by atoms with Crippen LogP contribution in [-0.2, 0) is 4.79 Å². The molecule has 1 unspecified atom stereocenters. The lowest BCUT2D eigenvalue weighted by molar-refractivity contribution is -0.132. The Morgan fingerprint density at radius 1 is 1.31 bits per heavy atom. The second-order valence-electron chi connectivity index (χ2n) is 4.20. The number of allylic oxidation sites excluding steroid dienone is 1. The van der Waals surface area contributed by atoms with Crippen LogP contribution in [0.5, 0.6) is 0 Å². The van der Waals surface area contributed by atoms with Crippen molar-refractivity contribution in [3.05, 3.63) is 36.5 Å². The highest BCUT2D eigenvalue weighted by Gasteiger charge is 2.35. The fourth-order valence-electron chi connectivity index (χ4n) is 2.39. The number of hydrogen-bond donors (Lipinski definition) is 1. The van der Waals surface area contributed by atoms with Gasteiger partial charge in [0.1, 0.15) is 0 Å². The molecular formula is C12H17N3O. The summed E-state index contributed by atoms with van der Waals surface area (Å²) in [7, 11) is 0. The molecule has 0 aliphatic carbocycles. The van der Waals surface area contributed by atoms with Gasteiger partial charge in [-0.25, -0.2) is 5.01 Å². The standard InChI is InChI=1S/C12H17N3O/c1-3-9-7-10-8-14(13)5-6-15(10)12(16)11(9)4-2/h3-4,10H,1-2,5-8,13H2. The molecule has 4 nitrogen and oxygen atoms in total. The Morgan fingerprint density at radius 3 is 2.69 bits per heavy atom. The van der Waals surface area contributed by atoms with Crippen LogP contribution < -0.4 is 5.84 Å². The maximum atomic E-state index is 12.2. The summed E-state index contributed by atoms with van der Waals surface area (Å²) in [5.74, 6) is 5.84. The van der Waals surface area contributed by atoms with Crippen molar-refractivity contribution >= 4 is 5.91 Å². The molecule has 0 spiro atoms. The average Bonchev–Trinajstić information content (AvgIpc) is 2.28. The van der Waals surface area contributed by atoms with Gasteiger partial charge in [-0.2, -0.15) is 0 Å². The molecule has 2 rings (SSSR count). The minimum absolute atomic E-state index is 0.0641. The van der Waals surface area contributed by atoms with Crippen molar-refractivity contribution in [2.75, 3.05) is 19.6 Å². The zero-order valence-electron chi connectivity index (χ0n) is 9.35. The third-order valence-corrected chi connectivity index (χ3v) is 3.26. The van der Waals surface area contributed by atoms with Gasteiger partial charge in [0.25, 0.3) is 5.91 Å². The van der Waals surface area contributed by atoms with Gasteiger partial charge >= 0.3 is 0 Å². The molecule has 0 radical (unpaired) electrons. The van der Waals surface area contributed by atoms with E-state index < -0.39 is 0 Å². The van der Waals surface area contributed by atoms with E-state index in [1.54, 1.807) is 17.2 Å². The van der Waals surface area contributed by atoms with Crippen LogP contribution in [0, 0.1) is 0 Å². The number of hydrazine groups is 1. The van der Waals surface area contributed by atoms with E-state index in [2.05, 4.69) is 13.2 Å². The van der Waals surface area contributed by atoms with Crippen LogP contribution in [-0.4, -0.2) is 41.5 Å². The summed E-state index contributed by atoms with van der Waals surface area (Å²) < 4.78 is 0. The largest absolute Gasteiger partial charge is 0.333 e. The zero-order chi connectivity index (χ0) is 11.7. The van der Waals surface area contributed by atoms with Gasteiger partial charge < -0.3 is 4.90 Å². The van der Waals surface area contributed by atoms with E-state index in [1.165, 1.54) is 0 Å². The van der Waals surface area contributed by atoms with Gasteiger partial charge in [0.15, 0.2) is 0 Å². The van der Waals surface area contributed by atoms with Crippen LogP contribution in [0.2, 0.25) is 0 Å². The monoisotopic (exact) mass is 219 g/mol. The van der Waals surface area contributed by atoms with Crippen LogP contribution in [0.3, 0.4) is 0 Å². The van der Waals surface area contributed by atoms with Gasteiger partial charge in [0.2, 0.25) is 0 Å². The van der Waals surface area contributed by atoms with E-state index >= 15 is 0 Å². The zero-order valence-corrected chi connectivity index (χ0v) is 9.35. The van der Waals surface area contributed by atoms with Gasteiger partial charge in [-0.3, -0.25) is 10.6 Å². The molecule has 1 saturated heterocycles. The number of fused-ring (bicyclic) bond motifs is 1. The number of carbonyl (C=O) groups is 1. The molecule has 2 aliphatic heterocycles. The number of amides is 1. The maximum absolute atomic E-state index is 12.2. The molecule has 4 heteroatoms. The molecule has 1 amide bonds. The fraction of sp³-hybridized carbons (Fsp3) is 0.417. The first-order valence-corrected chi connectivity index (χ1v) is 5.46. The summed E-state index contributed by atoms with van der Waals surface area (Å²) in [4.78, 5) is 14.1. The first-order valence-electron chi connectivity index (χ1n) is 5.46. The molecule has 2 aliphatic rings. The highest BCUT2D eigenvalue weighted by Crippen LogP contribution is 2.27. The Morgan fingerprint density at radius 2 is 2.06 bits per heavy atom. The van der Waals surface area contributed by atoms with E-state index in [0.29, 0.717) is 12.1 Å². The lowest BCUT2D eigenvalue weighted by Crippen LogP contribution is -2.58. The molecule has 0 aromatic heterocycles. The highest BCUT2D eigenvalue weighted by atomic mass is 16.2. The Hall–Kier alpha value is -1.39. The van der Waals surface area contributed by atoms with Crippen molar-refractivity contribution < 1.29 is 4.79 Å². The third-order valence-electron chi connectivity index (χ3n) is 3.26. The molecule has 1 atom stereocenters. The van der Waals surface area contributed by atoms with Gasteiger partial charge in [0.05, 0.1) is 6.04 Å². The molecule has 0 aromatic rings. The summed E-state index contributed by atoms with van der Waals surface area (Å²) >= 11 is 0. The topological polar surface area (TPSA) is 49.6 Å². The summed E-state index contributed by atoms with van der Waals surface area (Å²) in [6, 6.07) is 0.183. The predicted octanol–water partition coefficient (Wildman–Crippen LogP) is 0.445. The van der Waals surface area contributed by atoms with Gasteiger partial charge in [0, 0.05) is 25.2 Å². The lowest BCUT2D eigenvalue weighted by Gasteiger charge is -2.43. The summed E-state index contributed by atoms with van der Waals surface area (Å²) in [6.45, 7) is 9.61. The van der Waals surface area contributed by atoms with Gasteiger partial charge in [-0.15, -0.1) is 0 Å². The quantitative estimate of drug-likeness (QED) is 0.686. The van der Waals surface area contributed by atoms with Crippen molar-refractivity contribution in [3.8, 4) is 0 Å². The Balaban J connectivity index is 2.32. The molecule has 1 fully saturated rings. The molecular weight excluding hydrogens is 202 g/mol. The molecule has 2 heterocycles. The summed E-state index contributed by atoms with van der Waals surface area (Å²) in [5, 5.41) is 1.77. The van der Waals surface area contributed by atoms with Crippen molar-refractivity contribution in [2.45, 2.75) is 12.5 Å². The molecule has 2 N–H and O–H groups in total. The molecule has 0 bridgehead atoms. The number of carbonyl (C=O) groups excluding carboxylic acids is 1. The Kier molecular flexibility index (Phi) is 2.94. The van der Waals surface area contributed by atoms with Crippen LogP contribution >= 0.6 is 0 Å². The fourth-order valence-corrected chi connectivity index (χ4v) is 2.39. The van der Waals surface area contributed by atoms with E-state index in [-0.39, 0.29) is 11.9 Å². The van der Waals surface area contributed by atoms with Gasteiger partial charge in [-0.05, 0) is 12.0 Å². The van der Waals surface area contributed by atoms with Crippen molar-refractivity contribution in [1.82, 2.24) is 9.91 Å². The first kappa shape index (κ1) is 11.1. The second-order valence-corrected chi connectivity index (χ2v) is 4.20. The number of rotatable bonds is 2. The van der Waals surface area contributed by atoms with Crippen LogP contribution in [0.1, 0.15) is 6.42 Å². The minimum atomic E-state index is 0.0641. The SMILES string of the molecule is C=CC1=C(C=C)C(=O)N2CCN(N)CC2C1. The van der Waals surface area contributed by atoms with E-state index in [4.69, 9.17) is 5.84 Å². The van der Waals surface area contributed by atoms with E-state index in [0.717, 1.165) is 25.1 Å². The van der Waals surface area contributed by atoms with Crippen LogP contribution in [0.15, 0.2) is 36.5 Å². The highest BCUT2D eigenvalue weighted by molar-refractivity contribution is 5.98. The first-order chi connectivity index (χ1) is 7.67. The molecule has 16 heavy (non-hydrogen) atoms. The lowest BCUT2D eigenvalue weighted by atomic mass is 9.92. The number of nitrogens with two attached hydrogens (primary N) is 1. The van der Waals surface area contributed by atoms with Crippen molar-refractivity contribution in [3.63, 3.8) is 0 Å². The minimum Gasteiger partial charge on any atom is -0.333 e. The average molecular weight is 219 g/mol. The van der Waals surface area contributed by atoms with Crippen LogP contribution in [0.4, 0.5) is 0 Å². The van der Waals surface area contributed by atoms with Crippen molar-refractivity contribution in [1.29, 1.82) is 0 Å². The number of piperazine rings is 1. The molecule has 0 aromatic carbocycles. The number of hydrogen-bond acceptors (Lipinski definition) is 3. The third kappa shape index (κ3) is 1.70. The normalized spacial score (nSPS) is 26.7. The van der Waals surface area contributed by atoms with Crippen LogP contribution in [0.25, 0.3) is 0 Å². The Bertz CT molecular complexity index is 372. The number of nitrogens with zero attached hydrogens (tertiary/aromatic N) is 2. The van der Waals surface area contributed by atoms with E-state index in [1.807, 2.05) is 4.90 Å². The molecule has 86 valence electrons. The second kappa shape index (κ2) is 4.23. The maximum Gasteiger partial charge on any atom is 0.254 e. The van der Waals surface area contributed by atoms with E-state index in [9.17, 15) is 4.79 Å². The smallest absolute Gasteiger partial charge is 0.254 e. The predicted molar refractivity (Wildman–Crippen MR) is 63.3 cm³/mol. The van der Waals surface area contributed by atoms with Crippen molar-refractivity contribution in [2.24, 2.45) is 5.84 Å². The Labute approximate surface area is 95.7 Å². The summed E-state index contributed by atoms with van der Waals surface area (Å²) in [5.41, 5.74) is 1.67.